The Labute approximate surface area is 229 Å². The van der Waals surface area contributed by atoms with Crippen LogP contribution in [0.15, 0.2) is 24.3 Å². The third-order valence-electron chi connectivity index (χ3n) is 8.33. The Morgan fingerprint density at radius 2 is 1.87 bits per heavy atom. The molecule has 39 heavy (non-hydrogen) atoms. The van der Waals surface area contributed by atoms with E-state index in [9.17, 15) is 13.6 Å². The second-order valence-electron chi connectivity index (χ2n) is 12.2. The van der Waals surface area contributed by atoms with Crippen molar-refractivity contribution in [2.45, 2.75) is 70.6 Å². The van der Waals surface area contributed by atoms with E-state index in [0.29, 0.717) is 42.5 Å². The van der Waals surface area contributed by atoms with E-state index >= 15 is 0 Å². The summed E-state index contributed by atoms with van der Waals surface area (Å²) in [5.41, 5.74) is 2.02. The van der Waals surface area contributed by atoms with E-state index in [1.807, 2.05) is 11.0 Å². The molecule has 4 heterocycles. The quantitative estimate of drug-likeness (QED) is 0.602. The van der Waals surface area contributed by atoms with Crippen LogP contribution in [0.1, 0.15) is 51.6 Å². The Bertz CT molecular complexity index is 1200. The number of piperazine rings is 1. The van der Waals surface area contributed by atoms with Crippen molar-refractivity contribution in [2.75, 3.05) is 50.8 Å². The van der Waals surface area contributed by atoms with E-state index in [0.717, 1.165) is 50.3 Å². The molecule has 1 N–H and O–H groups in total. The zero-order chi connectivity index (χ0) is 27.9. The van der Waals surface area contributed by atoms with Gasteiger partial charge in [0.25, 0.3) is 0 Å². The van der Waals surface area contributed by atoms with Crippen LogP contribution in [0.25, 0.3) is 0 Å². The number of carbonyl (C=O) groups is 1. The summed E-state index contributed by atoms with van der Waals surface area (Å²) in [4.78, 5) is 20.5. The van der Waals surface area contributed by atoms with Crippen molar-refractivity contribution in [3.63, 3.8) is 0 Å². The van der Waals surface area contributed by atoms with Crippen LogP contribution in [0.3, 0.4) is 0 Å². The molecule has 0 radical (unpaired) electrons. The highest BCUT2D eigenvalue weighted by molar-refractivity contribution is 5.97. The maximum absolute atomic E-state index is 14.3. The third-order valence-corrected chi connectivity index (χ3v) is 8.33. The van der Waals surface area contributed by atoms with Crippen molar-refractivity contribution in [2.24, 2.45) is 0 Å². The van der Waals surface area contributed by atoms with Gasteiger partial charge in [0.1, 0.15) is 11.6 Å². The number of nitrogens with one attached hydrogen (secondary N) is 1. The fourth-order valence-corrected chi connectivity index (χ4v) is 6.14. The van der Waals surface area contributed by atoms with Gasteiger partial charge in [0.2, 0.25) is 5.91 Å². The maximum Gasteiger partial charge on any atom is 0.241 e. The summed E-state index contributed by atoms with van der Waals surface area (Å²) in [7, 11) is 0. The van der Waals surface area contributed by atoms with E-state index < -0.39 is 11.6 Å². The largest absolute Gasteiger partial charge is 0.378 e. The molecule has 0 bridgehead atoms. The molecular formula is C29H40F2N6O2. The molecule has 2 saturated heterocycles. The molecule has 1 amide bonds. The number of halogens is 2. The molecule has 0 unspecified atom stereocenters. The lowest BCUT2D eigenvalue weighted by molar-refractivity contribution is -0.121. The van der Waals surface area contributed by atoms with Gasteiger partial charge in [-0.05, 0) is 38.5 Å². The number of fused-ring (bicyclic) bond motifs is 1. The lowest BCUT2D eigenvalue weighted by atomic mass is 9.91. The molecule has 1 aromatic heterocycles. The molecule has 0 aliphatic carbocycles. The van der Waals surface area contributed by atoms with Crippen LogP contribution in [0.5, 0.6) is 0 Å². The highest BCUT2D eigenvalue weighted by atomic mass is 19.1. The predicted octanol–water partition coefficient (Wildman–Crippen LogP) is 2.74. The average molecular weight is 543 g/mol. The minimum absolute atomic E-state index is 0.0240. The first-order valence-corrected chi connectivity index (χ1v) is 13.9. The van der Waals surface area contributed by atoms with Crippen molar-refractivity contribution >= 4 is 11.6 Å². The molecule has 3 aliphatic rings. The first kappa shape index (κ1) is 28.0. The summed E-state index contributed by atoms with van der Waals surface area (Å²) >= 11 is 0. The maximum atomic E-state index is 14.3. The Morgan fingerprint density at radius 1 is 1.13 bits per heavy atom. The summed E-state index contributed by atoms with van der Waals surface area (Å²) in [6.45, 7) is 15.4. The van der Waals surface area contributed by atoms with Crippen LogP contribution >= 0.6 is 0 Å². The summed E-state index contributed by atoms with van der Waals surface area (Å²) in [5.74, 6) is -1.21. The van der Waals surface area contributed by atoms with Crippen molar-refractivity contribution in [1.82, 2.24) is 25.3 Å². The molecule has 5 rings (SSSR count). The molecule has 1 aromatic carbocycles. The first-order chi connectivity index (χ1) is 18.5. The van der Waals surface area contributed by atoms with Gasteiger partial charge >= 0.3 is 0 Å². The van der Waals surface area contributed by atoms with E-state index in [2.05, 4.69) is 59.9 Å². The Hall–Kier alpha value is -2.53. The van der Waals surface area contributed by atoms with Gasteiger partial charge in [-0.3, -0.25) is 14.6 Å². The number of rotatable bonds is 6. The van der Waals surface area contributed by atoms with Gasteiger partial charge in [-0.25, -0.2) is 8.78 Å². The third kappa shape index (κ3) is 5.99. The molecule has 2 fully saturated rings. The molecule has 0 saturated carbocycles. The van der Waals surface area contributed by atoms with Crippen molar-refractivity contribution in [3.05, 3.63) is 52.9 Å². The normalized spacial score (nSPS) is 27.5. The Kier molecular flexibility index (Phi) is 8.01. The van der Waals surface area contributed by atoms with Crippen LogP contribution in [0.4, 0.5) is 14.5 Å². The van der Waals surface area contributed by atoms with Gasteiger partial charge in [-0.1, -0.05) is 19.9 Å². The Balaban J connectivity index is 1.34. The average Bonchev–Trinajstić information content (AvgIpc) is 3.14. The molecule has 8 nitrogen and oxygen atoms in total. The van der Waals surface area contributed by atoms with Gasteiger partial charge in [0.15, 0.2) is 0 Å². The number of carbonyl (C=O) groups excluding carboxylic acids is 1. The number of morpholine rings is 1. The molecule has 212 valence electrons. The molecule has 3 aliphatic heterocycles. The fraction of sp³-hybridized carbons (Fsp3) is 0.621. The van der Waals surface area contributed by atoms with Crippen molar-refractivity contribution < 1.29 is 18.3 Å². The number of anilines is 1. The van der Waals surface area contributed by atoms with Crippen LogP contribution in [-0.4, -0.2) is 96.0 Å². The Morgan fingerprint density at radius 3 is 2.59 bits per heavy atom. The molecule has 4 atom stereocenters. The van der Waals surface area contributed by atoms with Gasteiger partial charge in [-0.2, -0.15) is 10.2 Å². The molecule has 0 spiro atoms. The van der Waals surface area contributed by atoms with Crippen LogP contribution in [0, 0.1) is 11.6 Å². The van der Waals surface area contributed by atoms with Gasteiger partial charge in [-0.15, -0.1) is 0 Å². The topological polar surface area (TPSA) is 73.8 Å². The number of amides is 1. The number of benzene rings is 1. The van der Waals surface area contributed by atoms with Crippen LogP contribution in [0.2, 0.25) is 0 Å². The lowest BCUT2D eigenvalue weighted by Crippen LogP contribution is -2.63. The van der Waals surface area contributed by atoms with Gasteiger partial charge in [0, 0.05) is 68.2 Å². The van der Waals surface area contributed by atoms with Crippen LogP contribution in [-0.2, 0) is 21.4 Å². The molecule has 2 aromatic rings. The van der Waals surface area contributed by atoms with E-state index in [-0.39, 0.29) is 23.8 Å². The minimum Gasteiger partial charge on any atom is -0.378 e. The smallest absolute Gasteiger partial charge is 0.241 e. The zero-order valence-corrected chi connectivity index (χ0v) is 23.6. The van der Waals surface area contributed by atoms with Crippen LogP contribution < -0.4 is 10.2 Å². The van der Waals surface area contributed by atoms with E-state index in [4.69, 9.17) is 4.74 Å². The number of hydrogen-bond acceptors (Lipinski definition) is 7. The monoisotopic (exact) mass is 542 g/mol. The molecule has 10 heteroatoms. The zero-order valence-electron chi connectivity index (χ0n) is 23.6. The SMILES string of the molecule is C[C@@H]1CN(CC(=O)N2CC(C)(C)c3nnc(Cc4ccc(F)cc4F)cc32)[C@@H](CN2[C@H](C)COC[C@H]2C)CN1. The number of aromatic nitrogens is 2. The van der Waals surface area contributed by atoms with Crippen molar-refractivity contribution in [1.29, 1.82) is 0 Å². The number of hydrogen-bond donors (Lipinski definition) is 1. The predicted molar refractivity (Wildman–Crippen MR) is 146 cm³/mol. The summed E-state index contributed by atoms with van der Waals surface area (Å²) in [6.07, 6.45) is 0.169. The molecular weight excluding hydrogens is 502 g/mol. The number of ether oxygens (including phenoxy) is 1. The standard InChI is InChI=1S/C29H40F2N6O2/c1-18-12-35(24(11-32-18)13-36-19(2)15-39-16-20(36)3)14-27(38)37-17-29(4,5)28-26(37)10-23(33-34-28)8-21-6-7-22(30)9-25(21)31/h6-7,9-10,18-20,24,32H,8,11-17H2,1-5H3/t18-,19-,20-,24-/m1/s1. The second-order valence-corrected chi connectivity index (χ2v) is 12.2. The summed E-state index contributed by atoms with van der Waals surface area (Å²) in [5, 5.41) is 12.4. The van der Waals surface area contributed by atoms with Gasteiger partial charge in [0.05, 0.1) is 36.8 Å². The van der Waals surface area contributed by atoms with E-state index in [1.54, 1.807) is 0 Å². The second kappa shape index (κ2) is 11.2. The lowest BCUT2D eigenvalue weighted by Gasteiger charge is -2.46. The summed E-state index contributed by atoms with van der Waals surface area (Å²) < 4.78 is 33.4. The minimum atomic E-state index is -0.618. The highest BCUT2D eigenvalue weighted by Crippen LogP contribution is 2.39. The van der Waals surface area contributed by atoms with Gasteiger partial charge < -0.3 is 15.0 Å². The van der Waals surface area contributed by atoms with Crippen molar-refractivity contribution in [3.8, 4) is 0 Å². The number of nitrogens with zero attached hydrogens (tertiary/aromatic N) is 5. The first-order valence-electron chi connectivity index (χ1n) is 13.9. The fourth-order valence-electron chi connectivity index (χ4n) is 6.14. The summed E-state index contributed by atoms with van der Waals surface area (Å²) in [6, 6.07) is 6.54. The highest BCUT2D eigenvalue weighted by Gasteiger charge is 2.41. The van der Waals surface area contributed by atoms with E-state index in [1.165, 1.54) is 12.1 Å².